The van der Waals surface area contributed by atoms with Crippen molar-refractivity contribution in [3.8, 4) is 26.9 Å². The molecule has 4 rings (SSSR count). The number of aromatic amines is 1. The quantitative estimate of drug-likeness (QED) is 0.703. The largest absolute Gasteiger partial charge is 0.473 e. The van der Waals surface area contributed by atoms with E-state index in [2.05, 4.69) is 65.5 Å². The van der Waals surface area contributed by atoms with Gasteiger partial charge in [-0.05, 0) is 45.9 Å². The van der Waals surface area contributed by atoms with Crippen molar-refractivity contribution in [2.24, 2.45) is 0 Å². The molecule has 0 atom stereocenters. The summed E-state index contributed by atoms with van der Waals surface area (Å²) in [6, 6.07) is 8.04. The van der Waals surface area contributed by atoms with Crippen LogP contribution in [0.15, 0.2) is 36.7 Å². The SMILES string of the molecule is CC1(C)CC(Oc2ccc(-c3ccc(-c4cn[nH]c4)s3)nn2)CC(C)(C)N1. The number of nitrogens with zero attached hydrogens (tertiary/aromatic N) is 3. The smallest absolute Gasteiger partial charge is 0.233 e. The van der Waals surface area contributed by atoms with Gasteiger partial charge in [-0.3, -0.25) is 5.10 Å². The van der Waals surface area contributed by atoms with Crippen LogP contribution in [-0.4, -0.2) is 37.6 Å². The van der Waals surface area contributed by atoms with Gasteiger partial charge in [0, 0.05) is 46.6 Å². The number of aromatic nitrogens is 4. The average molecular weight is 384 g/mol. The summed E-state index contributed by atoms with van der Waals surface area (Å²) in [7, 11) is 0. The van der Waals surface area contributed by atoms with E-state index in [-0.39, 0.29) is 17.2 Å². The van der Waals surface area contributed by atoms with Crippen LogP contribution in [0.1, 0.15) is 40.5 Å². The van der Waals surface area contributed by atoms with E-state index in [1.54, 1.807) is 11.3 Å². The van der Waals surface area contributed by atoms with Crippen molar-refractivity contribution in [1.29, 1.82) is 0 Å². The van der Waals surface area contributed by atoms with Gasteiger partial charge in [-0.2, -0.15) is 5.10 Å². The fourth-order valence-electron chi connectivity index (χ4n) is 4.01. The van der Waals surface area contributed by atoms with Gasteiger partial charge in [0.15, 0.2) is 0 Å². The molecule has 0 spiro atoms. The van der Waals surface area contributed by atoms with Crippen LogP contribution in [0.5, 0.6) is 5.88 Å². The first-order valence-corrected chi connectivity index (χ1v) is 10.0. The topological polar surface area (TPSA) is 75.7 Å². The minimum atomic E-state index is 0.0419. The Bertz CT molecular complexity index is 883. The monoisotopic (exact) mass is 383 g/mol. The Morgan fingerprint density at radius 3 is 2.37 bits per heavy atom. The fraction of sp³-hybridized carbons (Fsp3) is 0.450. The van der Waals surface area contributed by atoms with Crippen LogP contribution >= 0.6 is 11.3 Å². The number of piperidine rings is 1. The zero-order valence-corrected chi connectivity index (χ0v) is 16.9. The number of H-pyrrole nitrogens is 1. The molecule has 1 aliphatic rings. The van der Waals surface area contributed by atoms with Gasteiger partial charge in [0.05, 0.1) is 11.1 Å². The summed E-state index contributed by atoms with van der Waals surface area (Å²) in [4.78, 5) is 2.23. The van der Waals surface area contributed by atoms with E-state index in [1.807, 2.05) is 24.5 Å². The molecule has 0 saturated carbocycles. The van der Waals surface area contributed by atoms with Crippen LogP contribution in [0, 0.1) is 0 Å². The zero-order valence-electron chi connectivity index (χ0n) is 16.1. The number of hydrogen-bond donors (Lipinski definition) is 2. The summed E-state index contributed by atoms with van der Waals surface area (Å²) in [5, 5.41) is 19.2. The zero-order chi connectivity index (χ0) is 19.1. The molecule has 4 heterocycles. The van der Waals surface area contributed by atoms with E-state index in [1.165, 1.54) is 0 Å². The van der Waals surface area contributed by atoms with Crippen molar-refractivity contribution in [2.75, 3.05) is 0 Å². The summed E-state index contributed by atoms with van der Waals surface area (Å²) in [5.74, 6) is 0.587. The van der Waals surface area contributed by atoms with Gasteiger partial charge in [0.1, 0.15) is 11.8 Å². The van der Waals surface area contributed by atoms with Crippen molar-refractivity contribution >= 4 is 11.3 Å². The molecule has 0 aliphatic carbocycles. The van der Waals surface area contributed by atoms with Gasteiger partial charge in [-0.15, -0.1) is 21.5 Å². The lowest BCUT2D eigenvalue weighted by molar-refractivity contribution is 0.0524. The van der Waals surface area contributed by atoms with Crippen molar-refractivity contribution in [1.82, 2.24) is 25.7 Å². The normalized spacial score (nSPS) is 19.1. The average Bonchev–Trinajstić information content (AvgIpc) is 3.24. The van der Waals surface area contributed by atoms with Gasteiger partial charge >= 0.3 is 0 Å². The standard InChI is InChI=1S/C20H25N5OS/c1-19(2)9-14(10-20(3,4)25-19)26-18-8-5-15(23-24-18)17-7-6-16(27-17)13-11-21-22-12-13/h5-8,11-12,14,25H,9-10H2,1-4H3,(H,21,22). The highest BCUT2D eigenvalue weighted by molar-refractivity contribution is 7.18. The predicted molar refractivity (Wildman–Crippen MR) is 108 cm³/mol. The third-order valence-electron chi connectivity index (χ3n) is 4.72. The van der Waals surface area contributed by atoms with E-state index in [0.717, 1.165) is 33.9 Å². The lowest BCUT2D eigenvalue weighted by Crippen LogP contribution is -2.60. The number of ether oxygens (including phenoxy) is 1. The van der Waals surface area contributed by atoms with E-state index in [0.29, 0.717) is 5.88 Å². The number of thiophene rings is 1. The molecule has 142 valence electrons. The van der Waals surface area contributed by atoms with Crippen LogP contribution in [0.3, 0.4) is 0 Å². The Morgan fingerprint density at radius 1 is 1.00 bits per heavy atom. The minimum Gasteiger partial charge on any atom is -0.473 e. The molecule has 1 aliphatic heterocycles. The first-order chi connectivity index (χ1) is 12.8. The molecule has 0 amide bonds. The third-order valence-corrected chi connectivity index (χ3v) is 5.88. The highest BCUT2D eigenvalue weighted by Gasteiger charge is 2.38. The fourth-order valence-corrected chi connectivity index (χ4v) is 4.97. The Balaban J connectivity index is 1.46. The molecule has 6 nitrogen and oxygen atoms in total. The summed E-state index contributed by atoms with van der Waals surface area (Å²) in [5.41, 5.74) is 2.02. The second-order valence-corrected chi connectivity index (χ2v) is 9.53. The van der Waals surface area contributed by atoms with Crippen LogP contribution < -0.4 is 10.1 Å². The number of nitrogens with one attached hydrogen (secondary N) is 2. The summed E-state index contributed by atoms with van der Waals surface area (Å²) in [6.45, 7) is 8.86. The van der Waals surface area contributed by atoms with Crippen LogP contribution in [0.2, 0.25) is 0 Å². The van der Waals surface area contributed by atoms with Gasteiger partial charge in [-0.1, -0.05) is 0 Å². The molecule has 27 heavy (non-hydrogen) atoms. The number of rotatable bonds is 4. The second kappa shape index (κ2) is 6.73. The lowest BCUT2D eigenvalue weighted by Gasteiger charge is -2.46. The predicted octanol–water partition coefficient (Wildman–Crippen LogP) is 4.28. The van der Waals surface area contributed by atoms with Gasteiger partial charge in [0.2, 0.25) is 5.88 Å². The molecule has 0 unspecified atom stereocenters. The molecule has 3 aromatic rings. The van der Waals surface area contributed by atoms with E-state index >= 15 is 0 Å². The molecular formula is C20H25N5OS. The Kier molecular flexibility index (Phi) is 4.52. The molecule has 3 aromatic heterocycles. The van der Waals surface area contributed by atoms with Crippen molar-refractivity contribution in [3.05, 3.63) is 36.7 Å². The maximum absolute atomic E-state index is 6.16. The molecule has 0 bridgehead atoms. The summed E-state index contributed by atoms with van der Waals surface area (Å²) >= 11 is 1.67. The Morgan fingerprint density at radius 2 is 1.74 bits per heavy atom. The second-order valence-electron chi connectivity index (χ2n) is 8.45. The minimum absolute atomic E-state index is 0.0419. The molecule has 2 N–H and O–H groups in total. The third kappa shape index (κ3) is 4.20. The molecule has 0 radical (unpaired) electrons. The van der Waals surface area contributed by atoms with Crippen LogP contribution in [-0.2, 0) is 0 Å². The molecule has 0 aromatic carbocycles. The van der Waals surface area contributed by atoms with Gasteiger partial charge in [-0.25, -0.2) is 0 Å². The first-order valence-electron chi connectivity index (χ1n) is 9.19. The maximum atomic E-state index is 6.16. The highest BCUT2D eigenvalue weighted by Crippen LogP contribution is 2.34. The van der Waals surface area contributed by atoms with Crippen LogP contribution in [0.25, 0.3) is 21.0 Å². The Labute approximate surface area is 163 Å². The van der Waals surface area contributed by atoms with E-state index in [4.69, 9.17) is 4.74 Å². The molecular weight excluding hydrogens is 358 g/mol. The van der Waals surface area contributed by atoms with Gasteiger partial charge < -0.3 is 10.1 Å². The van der Waals surface area contributed by atoms with E-state index < -0.39 is 0 Å². The summed E-state index contributed by atoms with van der Waals surface area (Å²) in [6.07, 6.45) is 5.73. The maximum Gasteiger partial charge on any atom is 0.233 e. The summed E-state index contributed by atoms with van der Waals surface area (Å²) < 4.78 is 6.16. The van der Waals surface area contributed by atoms with E-state index in [9.17, 15) is 0 Å². The molecule has 1 saturated heterocycles. The first kappa shape index (κ1) is 18.1. The van der Waals surface area contributed by atoms with Crippen molar-refractivity contribution in [2.45, 2.75) is 57.7 Å². The van der Waals surface area contributed by atoms with Crippen molar-refractivity contribution in [3.63, 3.8) is 0 Å². The number of hydrogen-bond acceptors (Lipinski definition) is 6. The van der Waals surface area contributed by atoms with Gasteiger partial charge in [0.25, 0.3) is 0 Å². The molecule has 1 fully saturated rings. The molecule has 7 heteroatoms. The van der Waals surface area contributed by atoms with Crippen LogP contribution in [0.4, 0.5) is 0 Å². The highest BCUT2D eigenvalue weighted by atomic mass is 32.1. The lowest BCUT2D eigenvalue weighted by atomic mass is 9.81. The Hall–Kier alpha value is -2.25. The van der Waals surface area contributed by atoms with Crippen molar-refractivity contribution < 1.29 is 4.74 Å².